The number of benzene rings is 1. The molecule has 0 bridgehead atoms. The summed E-state index contributed by atoms with van der Waals surface area (Å²) in [5.41, 5.74) is 0.351. The van der Waals surface area contributed by atoms with Crippen LogP contribution in [0.5, 0.6) is 0 Å². The molecule has 0 saturated carbocycles. The number of ether oxygens (including phenoxy) is 3. The number of carbonyl (C=O) groups is 2. The Labute approximate surface area is 191 Å². The van der Waals surface area contributed by atoms with E-state index in [0.717, 1.165) is 0 Å². The van der Waals surface area contributed by atoms with Crippen LogP contribution in [0.2, 0.25) is 10.0 Å². The van der Waals surface area contributed by atoms with Crippen LogP contribution in [0, 0.1) is 0 Å². The zero-order valence-corrected chi connectivity index (χ0v) is 18.9. The van der Waals surface area contributed by atoms with Crippen LogP contribution in [0.3, 0.4) is 0 Å². The summed E-state index contributed by atoms with van der Waals surface area (Å²) in [4.78, 5) is 27.1. The highest BCUT2D eigenvalue weighted by molar-refractivity contribution is 6.35. The number of amides is 2. The second-order valence-corrected chi connectivity index (χ2v) is 8.67. The van der Waals surface area contributed by atoms with E-state index >= 15 is 0 Å². The van der Waals surface area contributed by atoms with Gasteiger partial charge in [-0.3, -0.25) is 9.59 Å². The summed E-state index contributed by atoms with van der Waals surface area (Å²) in [6, 6.07) is 4.38. The van der Waals surface area contributed by atoms with Gasteiger partial charge in [0.25, 0.3) is 5.91 Å². The molecule has 1 aromatic rings. The summed E-state index contributed by atoms with van der Waals surface area (Å²) in [5.74, 6) is -0.385. The molecule has 8 nitrogen and oxygen atoms in total. The second-order valence-electron chi connectivity index (χ2n) is 7.80. The van der Waals surface area contributed by atoms with Gasteiger partial charge in [-0.1, -0.05) is 23.2 Å². The summed E-state index contributed by atoms with van der Waals surface area (Å²) in [6.07, 6.45) is -0.0334. The number of hydrogen-bond donors (Lipinski definition) is 2. The van der Waals surface area contributed by atoms with Gasteiger partial charge in [0, 0.05) is 35.8 Å². The Morgan fingerprint density at radius 3 is 2.68 bits per heavy atom. The molecule has 2 fully saturated rings. The van der Waals surface area contributed by atoms with Crippen LogP contribution in [0.1, 0.15) is 29.6 Å². The molecule has 31 heavy (non-hydrogen) atoms. The average Bonchev–Trinajstić information content (AvgIpc) is 2.70. The monoisotopic (exact) mass is 474 g/mol. The molecule has 2 aliphatic heterocycles. The highest BCUT2D eigenvalue weighted by Gasteiger charge is 2.40. The fourth-order valence-electron chi connectivity index (χ4n) is 3.99. The molecule has 172 valence electrons. The van der Waals surface area contributed by atoms with Gasteiger partial charge in [0.15, 0.2) is 0 Å². The number of rotatable bonds is 6. The van der Waals surface area contributed by atoms with Gasteiger partial charge < -0.3 is 29.5 Å². The lowest BCUT2D eigenvalue weighted by Crippen LogP contribution is -2.57. The Hall–Kier alpha value is -1.42. The SMILES string of the molecule is COCCNC(=O)C[C@@H]1CC[C@H]2[C@@H](COC[C@H](O)CN2C(=O)c2cc(Cl)cc(Cl)c2)O1. The molecule has 2 aliphatic rings. The fraction of sp³-hybridized carbons (Fsp3) is 0.619. The Morgan fingerprint density at radius 1 is 1.23 bits per heavy atom. The molecule has 4 atom stereocenters. The summed E-state index contributed by atoms with van der Waals surface area (Å²) in [7, 11) is 1.58. The number of nitrogens with one attached hydrogen (secondary N) is 1. The van der Waals surface area contributed by atoms with Gasteiger partial charge in [0.2, 0.25) is 5.91 Å². The first-order valence-electron chi connectivity index (χ1n) is 10.3. The Kier molecular flexibility index (Phi) is 8.95. The minimum absolute atomic E-state index is 0.0921. The van der Waals surface area contributed by atoms with Crippen molar-refractivity contribution >= 4 is 35.0 Å². The number of halogens is 2. The van der Waals surface area contributed by atoms with Crippen LogP contribution in [0.25, 0.3) is 0 Å². The quantitative estimate of drug-likeness (QED) is 0.611. The Morgan fingerprint density at radius 2 is 1.97 bits per heavy atom. The number of methoxy groups -OCH3 is 1. The zero-order chi connectivity index (χ0) is 22.4. The van der Waals surface area contributed by atoms with Crippen molar-refractivity contribution in [3.05, 3.63) is 33.8 Å². The third kappa shape index (κ3) is 6.78. The van der Waals surface area contributed by atoms with Gasteiger partial charge in [0.1, 0.15) is 6.10 Å². The van der Waals surface area contributed by atoms with E-state index in [4.69, 9.17) is 37.4 Å². The molecule has 0 aromatic heterocycles. The van der Waals surface area contributed by atoms with Gasteiger partial charge in [-0.15, -0.1) is 0 Å². The number of β-amino-alcohol motifs (C(OH)–C–C–N with tert-alkyl or cyclic N) is 1. The van der Waals surface area contributed by atoms with Crippen molar-refractivity contribution in [2.45, 2.75) is 43.6 Å². The number of hydrogen-bond acceptors (Lipinski definition) is 6. The van der Waals surface area contributed by atoms with Crippen LogP contribution >= 0.6 is 23.2 Å². The van der Waals surface area contributed by atoms with Crippen LogP contribution in [-0.2, 0) is 19.0 Å². The molecule has 0 aliphatic carbocycles. The van der Waals surface area contributed by atoms with Crippen LogP contribution in [-0.4, -0.2) is 86.2 Å². The van der Waals surface area contributed by atoms with Crippen LogP contribution in [0.15, 0.2) is 18.2 Å². The molecule has 1 aromatic carbocycles. The molecule has 0 spiro atoms. The van der Waals surface area contributed by atoms with Crippen molar-refractivity contribution in [2.24, 2.45) is 0 Å². The molecule has 3 rings (SSSR count). The van der Waals surface area contributed by atoms with Crippen LogP contribution < -0.4 is 5.32 Å². The lowest BCUT2D eigenvalue weighted by atomic mass is 9.94. The van der Waals surface area contributed by atoms with Crippen molar-refractivity contribution in [3.63, 3.8) is 0 Å². The predicted octanol–water partition coefficient (Wildman–Crippen LogP) is 1.90. The minimum Gasteiger partial charge on any atom is -0.389 e. The maximum atomic E-state index is 13.3. The van der Waals surface area contributed by atoms with E-state index in [1.54, 1.807) is 30.2 Å². The zero-order valence-electron chi connectivity index (χ0n) is 17.4. The molecule has 2 amide bonds. The van der Waals surface area contributed by atoms with Crippen molar-refractivity contribution in [1.82, 2.24) is 10.2 Å². The van der Waals surface area contributed by atoms with Crippen molar-refractivity contribution < 1.29 is 28.9 Å². The van der Waals surface area contributed by atoms with E-state index in [-0.39, 0.29) is 50.1 Å². The number of aliphatic hydroxyl groups excluding tert-OH is 1. The largest absolute Gasteiger partial charge is 0.389 e. The van der Waals surface area contributed by atoms with Crippen LogP contribution in [0.4, 0.5) is 0 Å². The predicted molar refractivity (Wildman–Crippen MR) is 116 cm³/mol. The molecule has 0 radical (unpaired) electrons. The van der Waals surface area contributed by atoms with Gasteiger partial charge >= 0.3 is 0 Å². The maximum Gasteiger partial charge on any atom is 0.254 e. The van der Waals surface area contributed by atoms with E-state index in [1.807, 2.05) is 0 Å². The van der Waals surface area contributed by atoms with E-state index in [0.29, 0.717) is 41.6 Å². The van der Waals surface area contributed by atoms with E-state index in [1.165, 1.54) is 0 Å². The summed E-state index contributed by atoms with van der Waals surface area (Å²) >= 11 is 12.2. The standard InChI is InChI=1S/C21H28Cl2N2O6/c1-29-5-4-24-20(27)9-17-2-3-18-19(31-17)12-30-11-16(26)10-25(18)21(28)13-6-14(22)8-15(23)7-13/h6-8,16-19,26H,2-5,9-12H2,1H3,(H,24,27)/t16-,17+,18+,19-/m1/s1. The molecule has 0 unspecified atom stereocenters. The van der Waals surface area contributed by atoms with Crippen molar-refractivity contribution in [2.75, 3.05) is 40.0 Å². The van der Waals surface area contributed by atoms with Crippen molar-refractivity contribution in [3.8, 4) is 0 Å². The second kappa shape index (κ2) is 11.4. The van der Waals surface area contributed by atoms with Crippen molar-refractivity contribution in [1.29, 1.82) is 0 Å². The molecular weight excluding hydrogens is 447 g/mol. The molecule has 2 saturated heterocycles. The number of carbonyl (C=O) groups excluding carboxylic acids is 2. The lowest BCUT2D eigenvalue weighted by molar-refractivity contribution is -0.151. The first-order chi connectivity index (χ1) is 14.9. The highest BCUT2D eigenvalue weighted by Crippen LogP contribution is 2.29. The number of nitrogens with zero attached hydrogens (tertiary/aromatic N) is 1. The average molecular weight is 475 g/mol. The first kappa shape index (κ1) is 24.2. The third-order valence-electron chi connectivity index (χ3n) is 5.39. The molecular formula is C21H28Cl2N2O6. The Balaban J connectivity index is 1.71. The summed E-state index contributed by atoms with van der Waals surface area (Å²) in [5, 5.41) is 13.8. The number of fused-ring (bicyclic) bond motifs is 1. The summed E-state index contributed by atoms with van der Waals surface area (Å²) < 4.78 is 16.7. The fourth-order valence-corrected chi connectivity index (χ4v) is 4.52. The van der Waals surface area contributed by atoms with Gasteiger partial charge in [-0.2, -0.15) is 0 Å². The summed E-state index contributed by atoms with van der Waals surface area (Å²) in [6.45, 7) is 1.32. The third-order valence-corrected chi connectivity index (χ3v) is 5.83. The van der Waals surface area contributed by atoms with E-state index in [2.05, 4.69) is 5.32 Å². The van der Waals surface area contributed by atoms with E-state index < -0.39 is 12.2 Å². The lowest BCUT2D eigenvalue weighted by Gasteiger charge is -2.44. The Bertz CT molecular complexity index is 760. The number of aliphatic hydroxyl groups is 1. The normalized spacial score (nSPS) is 26.5. The molecule has 2 heterocycles. The highest BCUT2D eigenvalue weighted by atomic mass is 35.5. The van der Waals surface area contributed by atoms with Gasteiger partial charge in [-0.25, -0.2) is 0 Å². The maximum absolute atomic E-state index is 13.3. The van der Waals surface area contributed by atoms with Gasteiger partial charge in [-0.05, 0) is 31.0 Å². The minimum atomic E-state index is -0.816. The van der Waals surface area contributed by atoms with E-state index in [9.17, 15) is 14.7 Å². The molecule has 2 N–H and O–H groups in total. The first-order valence-corrected chi connectivity index (χ1v) is 11.1. The molecule has 10 heteroatoms. The van der Waals surface area contributed by atoms with Gasteiger partial charge in [0.05, 0.1) is 44.5 Å². The smallest absolute Gasteiger partial charge is 0.254 e. The topological polar surface area (TPSA) is 97.3 Å².